The summed E-state index contributed by atoms with van der Waals surface area (Å²) in [6.07, 6.45) is 0. The Hall–Kier alpha value is -5.40. The summed E-state index contributed by atoms with van der Waals surface area (Å²) in [5, 5.41) is 2.63. The molecule has 0 amide bonds. The average molecular weight is 564 g/mol. The summed E-state index contributed by atoms with van der Waals surface area (Å²) < 4.78 is 0. The van der Waals surface area contributed by atoms with Gasteiger partial charge in [-0.1, -0.05) is 147 Å². The number of nitrogens with zero attached hydrogens (tertiary/aromatic N) is 1. The van der Waals surface area contributed by atoms with Crippen molar-refractivity contribution >= 4 is 27.8 Å². The van der Waals surface area contributed by atoms with E-state index in [-0.39, 0.29) is 5.41 Å². The summed E-state index contributed by atoms with van der Waals surface area (Å²) in [6.45, 7) is 4.72. The molecule has 0 N–H and O–H groups in total. The maximum atomic E-state index is 2.43. The highest BCUT2D eigenvalue weighted by Gasteiger charge is 2.35. The third-order valence-corrected chi connectivity index (χ3v) is 9.27. The van der Waals surface area contributed by atoms with Crippen molar-refractivity contribution < 1.29 is 0 Å². The largest absolute Gasteiger partial charge is 0.310 e. The number of rotatable bonds is 5. The van der Waals surface area contributed by atoms with Gasteiger partial charge in [0.25, 0.3) is 0 Å². The lowest BCUT2D eigenvalue weighted by Crippen LogP contribution is -2.24. The Bertz CT molecular complexity index is 2020. The lowest BCUT2D eigenvalue weighted by Gasteiger charge is -2.38. The Kier molecular flexibility index (Phi) is 6.20. The lowest BCUT2D eigenvalue weighted by atomic mass is 9.68. The zero-order valence-corrected chi connectivity index (χ0v) is 25.0. The van der Waals surface area contributed by atoms with Crippen LogP contribution in [0.4, 0.5) is 17.1 Å². The molecule has 7 aromatic rings. The van der Waals surface area contributed by atoms with E-state index in [1.807, 2.05) is 0 Å². The van der Waals surface area contributed by atoms with Gasteiger partial charge in [-0.25, -0.2) is 0 Å². The van der Waals surface area contributed by atoms with Crippen LogP contribution in [0.2, 0.25) is 0 Å². The van der Waals surface area contributed by atoms with Crippen molar-refractivity contribution in [3.8, 4) is 33.4 Å². The van der Waals surface area contributed by atoms with Crippen molar-refractivity contribution in [2.24, 2.45) is 0 Å². The summed E-state index contributed by atoms with van der Waals surface area (Å²) in [5.41, 5.74) is 13.6. The van der Waals surface area contributed by atoms with Crippen LogP contribution in [0.25, 0.3) is 44.2 Å². The van der Waals surface area contributed by atoms with Crippen molar-refractivity contribution in [2.45, 2.75) is 19.3 Å². The lowest BCUT2D eigenvalue weighted by molar-refractivity contribution is 0.645. The van der Waals surface area contributed by atoms with Crippen LogP contribution in [0.3, 0.4) is 0 Å². The maximum Gasteiger partial charge on any atom is 0.0546 e. The highest BCUT2D eigenvalue weighted by Crippen LogP contribution is 2.53. The Morgan fingerprint density at radius 1 is 0.409 bits per heavy atom. The smallest absolute Gasteiger partial charge is 0.0546 e. The molecular formula is C43H33N. The molecule has 0 aliphatic heterocycles. The second kappa shape index (κ2) is 10.4. The number of benzene rings is 7. The van der Waals surface area contributed by atoms with E-state index in [1.165, 1.54) is 61.0 Å². The molecule has 0 saturated carbocycles. The van der Waals surface area contributed by atoms with Gasteiger partial charge in [-0.15, -0.1) is 0 Å². The molecule has 1 nitrogen and oxygen atoms in total. The van der Waals surface area contributed by atoms with Crippen molar-refractivity contribution in [3.63, 3.8) is 0 Å². The topological polar surface area (TPSA) is 3.24 Å². The van der Waals surface area contributed by atoms with Crippen molar-refractivity contribution in [2.75, 3.05) is 4.90 Å². The minimum atomic E-state index is -0.0960. The van der Waals surface area contributed by atoms with Crippen LogP contribution in [0.5, 0.6) is 0 Å². The Labute approximate surface area is 259 Å². The first-order valence-electron chi connectivity index (χ1n) is 15.4. The molecule has 0 atom stereocenters. The van der Waals surface area contributed by atoms with E-state index in [1.54, 1.807) is 0 Å². The highest BCUT2D eigenvalue weighted by molar-refractivity contribution is 6.10. The van der Waals surface area contributed by atoms with Gasteiger partial charge in [0.1, 0.15) is 0 Å². The fourth-order valence-electron chi connectivity index (χ4n) is 7.03. The monoisotopic (exact) mass is 563 g/mol. The summed E-state index contributed by atoms with van der Waals surface area (Å²) in [5.74, 6) is 0. The molecule has 1 aliphatic rings. The first-order valence-corrected chi connectivity index (χ1v) is 15.4. The van der Waals surface area contributed by atoms with Gasteiger partial charge in [-0.05, 0) is 80.0 Å². The Morgan fingerprint density at radius 2 is 0.909 bits per heavy atom. The van der Waals surface area contributed by atoms with Crippen molar-refractivity contribution in [1.82, 2.24) is 0 Å². The van der Waals surface area contributed by atoms with Crippen LogP contribution in [-0.2, 0) is 5.41 Å². The van der Waals surface area contributed by atoms with Gasteiger partial charge in [-0.3, -0.25) is 0 Å². The summed E-state index contributed by atoms with van der Waals surface area (Å²) in [4.78, 5) is 2.43. The van der Waals surface area contributed by atoms with Crippen LogP contribution in [0, 0.1) is 0 Å². The molecule has 0 unspecified atom stereocenters. The van der Waals surface area contributed by atoms with Gasteiger partial charge in [0.15, 0.2) is 0 Å². The maximum absolute atomic E-state index is 2.43. The van der Waals surface area contributed by atoms with Crippen LogP contribution < -0.4 is 4.90 Å². The minimum Gasteiger partial charge on any atom is -0.310 e. The number of fused-ring (bicyclic) bond motifs is 2. The molecule has 0 heterocycles. The van der Waals surface area contributed by atoms with E-state index in [4.69, 9.17) is 0 Å². The van der Waals surface area contributed by atoms with Gasteiger partial charge in [0.2, 0.25) is 0 Å². The SMILES string of the molecule is CC1(C)c2ccccc2-c2c(N(c3ccc(-c4ccccc4)cc3)c3ccc(-c4ccccc4)cc3)ccc3cccc1c23. The van der Waals surface area contributed by atoms with Gasteiger partial charge >= 0.3 is 0 Å². The molecule has 210 valence electrons. The first-order chi connectivity index (χ1) is 21.6. The molecule has 0 saturated heterocycles. The summed E-state index contributed by atoms with van der Waals surface area (Å²) in [7, 11) is 0. The number of anilines is 3. The zero-order valence-electron chi connectivity index (χ0n) is 25.0. The molecule has 44 heavy (non-hydrogen) atoms. The van der Waals surface area contributed by atoms with E-state index in [0.717, 1.165) is 11.4 Å². The second-order valence-electron chi connectivity index (χ2n) is 12.2. The summed E-state index contributed by atoms with van der Waals surface area (Å²) in [6, 6.07) is 59.6. The fraction of sp³-hybridized carbons (Fsp3) is 0.0698. The predicted molar refractivity (Wildman–Crippen MR) is 187 cm³/mol. The van der Waals surface area contributed by atoms with Crippen LogP contribution in [0.1, 0.15) is 25.0 Å². The molecule has 0 aromatic heterocycles. The van der Waals surface area contributed by atoms with Crippen LogP contribution >= 0.6 is 0 Å². The van der Waals surface area contributed by atoms with E-state index in [0.29, 0.717) is 0 Å². The quantitative estimate of drug-likeness (QED) is 0.201. The Balaban J connectivity index is 1.37. The third kappa shape index (κ3) is 4.24. The van der Waals surface area contributed by atoms with Crippen molar-refractivity contribution in [1.29, 1.82) is 0 Å². The normalized spacial score (nSPS) is 13.0. The fourth-order valence-corrected chi connectivity index (χ4v) is 7.03. The highest BCUT2D eigenvalue weighted by atomic mass is 15.1. The van der Waals surface area contributed by atoms with E-state index in [2.05, 4.69) is 183 Å². The van der Waals surface area contributed by atoms with Gasteiger partial charge in [0, 0.05) is 22.4 Å². The van der Waals surface area contributed by atoms with Gasteiger partial charge in [0.05, 0.1) is 5.69 Å². The zero-order chi connectivity index (χ0) is 29.7. The van der Waals surface area contributed by atoms with Crippen molar-refractivity contribution in [3.05, 3.63) is 175 Å². The second-order valence-corrected chi connectivity index (χ2v) is 12.2. The van der Waals surface area contributed by atoms with Gasteiger partial charge < -0.3 is 4.90 Å². The molecule has 7 aromatic carbocycles. The van der Waals surface area contributed by atoms with Gasteiger partial charge in [-0.2, -0.15) is 0 Å². The molecule has 8 rings (SSSR count). The molecule has 0 fully saturated rings. The van der Waals surface area contributed by atoms with E-state index in [9.17, 15) is 0 Å². The molecular weight excluding hydrogens is 530 g/mol. The molecule has 0 bridgehead atoms. The minimum absolute atomic E-state index is 0.0960. The summed E-state index contributed by atoms with van der Waals surface area (Å²) >= 11 is 0. The number of hydrogen-bond acceptors (Lipinski definition) is 1. The molecule has 1 heteroatoms. The van der Waals surface area contributed by atoms with Crippen LogP contribution in [-0.4, -0.2) is 0 Å². The average Bonchev–Trinajstić information content (AvgIpc) is 3.09. The molecule has 0 spiro atoms. The first kappa shape index (κ1) is 26.2. The predicted octanol–water partition coefficient (Wildman–Crippen LogP) is 11.9. The standard InChI is InChI=1S/C43H33N/c1-43(2)38-18-10-9-17-37(38)42-40(29-24-34-16-11-19-39(43)41(34)42)44(35-25-20-32(21-26-35)30-12-5-3-6-13-30)36-27-22-33(23-28-36)31-14-7-4-8-15-31/h3-29H,1-2H3. The Morgan fingerprint density at radius 3 is 1.50 bits per heavy atom. The molecule has 1 aliphatic carbocycles. The van der Waals surface area contributed by atoms with Crippen LogP contribution in [0.15, 0.2) is 164 Å². The van der Waals surface area contributed by atoms with E-state index >= 15 is 0 Å². The molecule has 0 radical (unpaired) electrons. The van der Waals surface area contributed by atoms with E-state index < -0.39 is 0 Å². The third-order valence-electron chi connectivity index (χ3n) is 9.27. The number of hydrogen-bond donors (Lipinski definition) is 0.